The first-order valence-corrected chi connectivity index (χ1v) is 13.3. The zero-order chi connectivity index (χ0) is 25.5. The molecule has 3 heterocycles. The third-order valence-electron chi connectivity index (χ3n) is 7.03. The van der Waals surface area contributed by atoms with Crippen molar-refractivity contribution >= 4 is 46.5 Å². The Balaban J connectivity index is 1.70. The van der Waals surface area contributed by atoms with Crippen LogP contribution in [0.3, 0.4) is 0 Å². The lowest BCUT2D eigenvalue weighted by atomic mass is 9.86. The molecule has 4 amide bonds. The quantitative estimate of drug-likeness (QED) is 0.455. The number of rotatable bonds is 9. The molecule has 0 bridgehead atoms. The predicted octanol–water partition coefficient (Wildman–Crippen LogP) is 2.94. The largest absolute Gasteiger partial charge is 0.480 e. The van der Waals surface area contributed by atoms with Crippen LogP contribution in [-0.2, 0) is 26.3 Å². The second kappa shape index (κ2) is 9.56. The number of urea groups is 1. The zero-order valence-corrected chi connectivity index (χ0v) is 21.3. The lowest BCUT2D eigenvalue weighted by Gasteiger charge is -2.36. The van der Waals surface area contributed by atoms with Crippen molar-refractivity contribution in [2.45, 2.75) is 57.7 Å². The summed E-state index contributed by atoms with van der Waals surface area (Å²) in [4.78, 5) is 58.7. The third-order valence-corrected chi connectivity index (χ3v) is 7.68. The molecule has 35 heavy (non-hydrogen) atoms. The van der Waals surface area contributed by atoms with Crippen molar-refractivity contribution in [3.8, 4) is 0 Å². The summed E-state index contributed by atoms with van der Waals surface area (Å²) in [6, 6.07) is 5.10. The minimum Gasteiger partial charge on any atom is -0.480 e. The molecule has 0 saturated carbocycles. The Kier molecular flexibility index (Phi) is 6.86. The van der Waals surface area contributed by atoms with Crippen LogP contribution < -0.4 is 5.32 Å². The van der Waals surface area contributed by atoms with Crippen LogP contribution in [0.2, 0.25) is 0 Å². The Morgan fingerprint density at radius 3 is 2.63 bits per heavy atom. The first kappa shape index (κ1) is 25.1. The highest BCUT2D eigenvalue weighted by Crippen LogP contribution is 2.45. The summed E-state index contributed by atoms with van der Waals surface area (Å²) in [5, 5.41) is 13.2. The fraction of sp³-hybridized carbons (Fsp3) is 0.520. The number of hydrogen-bond donors (Lipinski definition) is 3. The molecule has 3 atom stereocenters. The average molecular weight is 501 g/mol. The van der Waals surface area contributed by atoms with E-state index < -0.39 is 41.4 Å². The van der Waals surface area contributed by atoms with E-state index in [1.807, 2.05) is 44.4 Å². The van der Waals surface area contributed by atoms with Crippen molar-refractivity contribution in [3.05, 3.63) is 35.5 Å². The van der Waals surface area contributed by atoms with E-state index in [1.165, 1.54) is 16.7 Å². The summed E-state index contributed by atoms with van der Waals surface area (Å²) < 4.78 is 0. The number of fused-ring (bicyclic) bond motifs is 5. The highest BCUT2D eigenvalue weighted by molar-refractivity contribution is 7.98. The second-order valence-electron chi connectivity index (χ2n) is 9.78. The van der Waals surface area contributed by atoms with Gasteiger partial charge in [0.15, 0.2) is 5.54 Å². The summed E-state index contributed by atoms with van der Waals surface area (Å²) in [5.41, 5.74) is 1.33. The van der Waals surface area contributed by atoms with Crippen LogP contribution in [0.1, 0.15) is 44.9 Å². The van der Waals surface area contributed by atoms with Gasteiger partial charge in [0, 0.05) is 17.4 Å². The van der Waals surface area contributed by atoms with Crippen molar-refractivity contribution in [2.75, 3.05) is 18.6 Å². The smallest absolute Gasteiger partial charge is 0.328 e. The molecule has 2 aliphatic heterocycles. The molecule has 3 N–H and O–H groups in total. The van der Waals surface area contributed by atoms with Crippen molar-refractivity contribution in [2.24, 2.45) is 5.92 Å². The molecule has 0 aliphatic carbocycles. The topological polar surface area (TPSA) is 123 Å². The first-order chi connectivity index (χ1) is 16.6. The predicted molar refractivity (Wildman–Crippen MR) is 134 cm³/mol. The van der Waals surface area contributed by atoms with E-state index in [9.17, 15) is 24.3 Å². The van der Waals surface area contributed by atoms with Gasteiger partial charge in [-0.1, -0.05) is 32.0 Å². The van der Waals surface area contributed by atoms with Crippen molar-refractivity contribution in [1.29, 1.82) is 0 Å². The number of aromatic amines is 1. The van der Waals surface area contributed by atoms with Gasteiger partial charge in [-0.2, -0.15) is 11.8 Å². The normalized spacial score (nSPS) is 21.3. The fourth-order valence-electron chi connectivity index (χ4n) is 5.23. The van der Waals surface area contributed by atoms with Crippen molar-refractivity contribution in [3.63, 3.8) is 0 Å². The summed E-state index contributed by atoms with van der Waals surface area (Å²) in [6.07, 6.45) is 2.94. The molecule has 2 aliphatic rings. The number of hydrogen-bond acceptors (Lipinski definition) is 5. The second-order valence-corrected chi connectivity index (χ2v) is 10.8. The lowest BCUT2D eigenvalue weighted by molar-refractivity contribution is -0.144. The van der Waals surface area contributed by atoms with Crippen LogP contribution in [0.15, 0.2) is 24.3 Å². The Hall–Kier alpha value is -3.01. The number of aromatic nitrogens is 1. The van der Waals surface area contributed by atoms with E-state index in [0.717, 1.165) is 21.4 Å². The maximum Gasteiger partial charge on any atom is 0.328 e. The maximum atomic E-state index is 14.0. The van der Waals surface area contributed by atoms with E-state index >= 15 is 0 Å². The molecule has 0 unspecified atom stereocenters. The van der Waals surface area contributed by atoms with Gasteiger partial charge in [0.05, 0.1) is 5.69 Å². The number of carboxylic acids is 1. The van der Waals surface area contributed by atoms with Crippen LogP contribution in [0.4, 0.5) is 4.79 Å². The van der Waals surface area contributed by atoms with Crippen molar-refractivity contribution in [1.82, 2.24) is 20.1 Å². The van der Waals surface area contributed by atoms with Gasteiger partial charge in [-0.15, -0.1) is 0 Å². The van der Waals surface area contributed by atoms with E-state index in [-0.39, 0.29) is 18.8 Å². The summed E-state index contributed by atoms with van der Waals surface area (Å²) in [7, 11) is 0. The van der Waals surface area contributed by atoms with E-state index in [2.05, 4.69) is 10.3 Å². The molecule has 9 nitrogen and oxygen atoms in total. The van der Waals surface area contributed by atoms with Crippen molar-refractivity contribution < 1.29 is 24.3 Å². The molecule has 188 valence electrons. The lowest BCUT2D eigenvalue weighted by Crippen LogP contribution is -2.54. The molecule has 4 rings (SSSR count). The molecule has 0 spiro atoms. The molecule has 10 heteroatoms. The highest BCUT2D eigenvalue weighted by Gasteiger charge is 2.60. The Labute approximate surface area is 208 Å². The van der Waals surface area contributed by atoms with Gasteiger partial charge < -0.3 is 20.3 Å². The molecule has 2 aromatic rings. The highest BCUT2D eigenvalue weighted by atomic mass is 32.2. The number of thioether (sulfide) groups is 1. The number of nitrogens with one attached hydrogen (secondary N) is 2. The summed E-state index contributed by atoms with van der Waals surface area (Å²) in [6.45, 7) is 5.88. The number of para-hydroxylation sites is 1. The molecule has 1 fully saturated rings. The molecular weight excluding hydrogens is 468 g/mol. The molecule has 0 radical (unpaired) electrons. The number of amides is 4. The molecular formula is C25H32N4O5S. The number of benzene rings is 1. The minimum atomic E-state index is -1.26. The number of H-pyrrole nitrogens is 1. The number of carboxylic acid groups (broad SMARTS) is 1. The van der Waals surface area contributed by atoms with Crippen LogP contribution in [-0.4, -0.2) is 74.3 Å². The Morgan fingerprint density at radius 1 is 1.26 bits per heavy atom. The SMILES string of the molecule is CSCC[C@H](NC(=O)[C@@H](CC(C)C)N1C(=O)N2CCc3c([nH]c4ccccc34)[C@@]2(C)C1=O)C(=O)O. The average Bonchev–Trinajstić information content (AvgIpc) is 3.28. The molecule has 1 saturated heterocycles. The zero-order valence-electron chi connectivity index (χ0n) is 20.5. The van der Waals surface area contributed by atoms with Gasteiger partial charge in [-0.3, -0.25) is 9.59 Å². The van der Waals surface area contributed by atoms with E-state index in [0.29, 0.717) is 24.4 Å². The summed E-state index contributed by atoms with van der Waals surface area (Å²) >= 11 is 1.48. The minimum absolute atomic E-state index is 0.00473. The Morgan fingerprint density at radius 2 is 1.97 bits per heavy atom. The van der Waals surface area contributed by atoms with E-state index in [1.54, 1.807) is 6.92 Å². The number of nitrogens with zero attached hydrogens (tertiary/aromatic N) is 2. The number of aliphatic carboxylic acids is 1. The van der Waals surface area contributed by atoms with Crippen LogP contribution in [0, 0.1) is 5.92 Å². The first-order valence-electron chi connectivity index (χ1n) is 11.9. The molecule has 1 aromatic carbocycles. The van der Waals surface area contributed by atoms with Gasteiger partial charge in [0.25, 0.3) is 5.91 Å². The fourth-order valence-corrected chi connectivity index (χ4v) is 5.70. The van der Waals surface area contributed by atoms with Gasteiger partial charge >= 0.3 is 12.0 Å². The van der Waals surface area contributed by atoms with Gasteiger partial charge in [0.1, 0.15) is 12.1 Å². The molecule has 1 aromatic heterocycles. The Bertz CT molecular complexity index is 1180. The van der Waals surface area contributed by atoms with Gasteiger partial charge in [-0.05, 0) is 55.7 Å². The maximum absolute atomic E-state index is 14.0. The monoisotopic (exact) mass is 500 g/mol. The van der Waals surface area contributed by atoms with Gasteiger partial charge in [-0.25, -0.2) is 14.5 Å². The van der Waals surface area contributed by atoms with E-state index in [4.69, 9.17) is 0 Å². The standard InChI is InChI=1S/C25H32N4O5S/c1-14(2)13-19(21(30)27-18(22(31)32)10-12-35-4)29-23(33)25(3)20-16(9-11-28(25)24(29)34)15-7-5-6-8-17(15)26-20/h5-8,14,18-19,26H,9-13H2,1-4H3,(H,27,30)(H,31,32)/t18-,19+,25-/m0/s1. The van der Waals surface area contributed by atoms with Crippen LogP contribution >= 0.6 is 11.8 Å². The third kappa shape index (κ3) is 4.17. The number of carbonyl (C=O) groups is 4. The number of imide groups is 1. The van der Waals surface area contributed by atoms with Crippen LogP contribution in [0.25, 0.3) is 10.9 Å². The number of carbonyl (C=O) groups excluding carboxylic acids is 3. The summed E-state index contributed by atoms with van der Waals surface area (Å²) in [5.74, 6) is -1.67. The van der Waals surface area contributed by atoms with Gasteiger partial charge in [0.2, 0.25) is 5.91 Å². The van der Waals surface area contributed by atoms with Crippen LogP contribution in [0.5, 0.6) is 0 Å².